The van der Waals surface area contributed by atoms with Crippen molar-refractivity contribution in [1.82, 2.24) is 9.97 Å². The molecule has 0 unspecified atom stereocenters. The van der Waals surface area contributed by atoms with Crippen molar-refractivity contribution < 1.29 is 0 Å². The Kier molecular flexibility index (Phi) is 6.08. The second-order valence-corrected chi connectivity index (χ2v) is 6.86. The van der Waals surface area contributed by atoms with E-state index in [1.54, 1.807) is 6.20 Å². The number of hydrogen-bond donors (Lipinski definition) is 1. The van der Waals surface area contributed by atoms with Gasteiger partial charge in [0.2, 0.25) is 5.95 Å². The summed E-state index contributed by atoms with van der Waals surface area (Å²) in [5.41, 5.74) is 2.39. The van der Waals surface area contributed by atoms with Gasteiger partial charge in [-0.25, -0.2) is 4.98 Å². The molecule has 4 nitrogen and oxygen atoms in total. The maximum Gasteiger partial charge on any atom is 0.224 e. The van der Waals surface area contributed by atoms with Crippen molar-refractivity contribution in [3.05, 3.63) is 83.0 Å². The summed E-state index contributed by atoms with van der Waals surface area (Å²) >= 11 is 5.93. The highest BCUT2D eigenvalue weighted by atomic mass is 35.5. The van der Waals surface area contributed by atoms with E-state index in [9.17, 15) is 0 Å². The normalized spacial score (nSPS) is 10.8. The zero-order chi connectivity index (χ0) is 18.4. The molecule has 0 spiro atoms. The molecule has 0 bridgehead atoms. The van der Waals surface area contributed by atoms with Crippen molar-refractivity contribution in [3.63, 3.8) is 0 Å². The standard InChI is InChI=1S/C21H23ClN4/c1-16(2)26(15-18-6-4-3-5-7-18)20-12-13-23-21(25-20)24-14-17-8-10-19(22)11-9-17/h3-13,16H,14-15H2,1-2H3,(H,23,24,25). The van der Waals surface area contributed by atoms with Gasteiger partial charge in [0.1, 0.15) is 5.82 Å². The summed E-state index contributed by atoms with van der Waals surface area (Å²) in [5.74, 6) is 1.54. The molecular weight excluding hydrogens is 344 g/mol. The first-order valence-electron chi connectivity index (χ1n) is 8.74. The molecule has 0 saturated carbocycles. The van der Waals surface area contributed by atoms with E-state index in [0.717, 1.165) is 22.9 Å². The minimum Gasteiger partial charge on any atom is -0.350 e. The minimum absolute atomic E-state index is 0.328. The molecule has 0 fully saturated rings. The Morgan fingerprint density at radius 1 is 0.962 bits per heavy atom. The lowest BCUT2D eigenvalue weighted by Gasteiger charge is -2.28. The predicted octanol–water partition coefficient (Wildman–Crippen LogP) is 5.16. The number of nitrogens with zero attached hydrogens (tertiary/aromatic N) is 3. The van der Waals surface area contributed by atoms with E-state index in [4.69, 9.17) is 16.6 Å². The molecule has 0 aliphatic heterocycles. The van der Waals surface area contributed by atoms with Crippen molar-refractivity contribution in [2.75, 3.05) is 10.2 Å². The zero-order valence-corrected chi connectivity index (χ0v) is 15.8. The van der Waals surface area contributed by atoms with E-state index in [2.05, 4.69) is 53.3 Å². The van der Waals surface area contributed by atoms with Gasteiger partial charge in [-0.05, 0) is 43.2 Å². The number of nitrogens with one attached hydrogen (secondary N) is 1. The van der Waals surface area contributed by atoms with E-state index >= 15 is 0 Å². The van der Waals surface area contributed by atoms with Crippen LogP contribution in [0.4, 0.5) is 11.8 Å². The van der Waals surface area contributed by atoms with Crippen LogP contribution < -0.4 is 10.2 Å². The van der Waals surface area contributed by atoms with Crippen molar-refractivity contribution in [2.45, 2.75) is 33.0 Å². The number of rotatable bonds is 7. The third kappa shape index (κ3) is 4.96. The van der Waals surface area contributed by atoms with Crippen LogP contribution >= 0.6 is 11.6 Å². The van der Waals surface area contributed by atoms with E-state index in [1.165, 1.54) is 5.56 Å². The molecule has 1 N–H and O–H groups in total. The molecule has 0 atom stereocenters. The first-order chi connectivity index (χ1) is 12.6. The Morgan fingerprint density at radius 2 is 1.69 bits per heavy atom. The van der Waals surface area contributed by atoms with Gasteiger partial charge in [0, 0.05) is 30.4 Å². The summed E-state index contributed by atoms with van der Waals surface area (Å²) in [6, 6.07) is 20.5. The largest absolute Gasteiger partial charge is 0.350 e. The maximum atomic E-state index is 5.93. The lowest BCUT2D eigenvalue weighted by atomic mass is 10.2. The van der Waals surface area contributed by atoms with Crippen molar-refractivity contribution in [3.8, 4) is 0 Å². The molecule has 3 rings (SSSR count). The molecule has 3 aromatic rings. The van der Waals surface area contributed by atoms with Crippen molar-refractivity contribution in [2.24, 2.45) is 0 Å². The van der Waals surface area contributed by atoms with Gasteiger partial charge >= 0.3 is 0 Å². The predicted molar refractivity (Wildman–Crippen MR) is 109 cm³/mol. The molecule has 0 saturated heterocycles. The van der Waals surface area contributed by atoms with E-state index in [1.807, 2.05) is 36.4 Å². The van der Waals surface area contributed by atoms with Crippen LogP contribution in [0.3, 0.4) is 0 Å². The average molecular weight is 367 g/mol. The second kappa shape index (κ2) is 8.68. The van der Waals surface area contributed by atoms with E-state index in [-0.39, 0.29) is 0 Å². The molecule has 134 valence electrons. The Labute approximate surface area is 159 Å². The summed E-state index contributed by atoms with van der Waals surface area (Å²) in [6.07, 6.45) is 1.80. The third-order valence-corrected chi connectivity index (χ3v) is 4.37. The molecule has 26 heavy (non-hydrogen) atoms. The first kappa shape index (κ1) is 18.2. The van der Waals surface area contributed by atoms with Crippen molar-refractivity contribution >= 4 is 23.4 Å². The Balaban J connectivity index is 1.72. The highest BCUT2D eigenvalue weighted by Gasteiger charge is 2.13. The first-order valence-corrected chi connectivity index (χ1v) is 9.11. The van der Waals surface area contributed by atoms with Crippen molar-refractivity contribution in [1.29, 1.82) is 0 Å². The van der Waals surface area contributed by atoms with Gasteiger partial charge < -0.3 is 10.2 Å². The Hall–Kier alpha value is -2.59. The van der Waals surface area contributed by atoms with Crippen LogP contribution in [0.5, 0.6) is 0 Å². The van der Waals surface area contributed by atoms with Crippen LogP contribution in [0, 0.1) is 0 Å². The number of halogens is 1. The highest BCUT2D eigenvalue weighted by Crippen LogP contribution is 2.19. The van der Waals surface area contributed by atoms with E-state index in [0.29, 0.717) is 18.5 Å². The SMILES string of the molecule is CC(C)N(Cc1ccccc1)c1ccnc(NCc2ccc(Cl)cc2)n1. The monoisotopic (exact) mass is 366 g/mol. The zero-order valence-electron chi connectivity index (χ0n) is 15.1. The number of aromatic nitrogens is 2. The second-order valence-electron chi connectivity index (χ2n) is 6.43. The number of anilines is 2. The van der Waals surface area contributed by atoms with Gasteiger partial charge in [-0.2, -0.15) is 4.98 Å². The van der Waals surface area contributed by atoms with Gasteiger partial charge in [-0.15, -0.1) is 0 Å². The third-order valence-electron chi connectivity index (χ3n) is 4.12. The molecule has 1 heterocycles. The lowest BCUT2D eigenvalue weighted by Crippen LogP contribution is -2.31. The minimum atomic E-state index is 0.328. The number of benzene rings is 2. The van der Waals surface area contributed by atoms with Crippen LogP contribution in [0.15, 0.2) is 66.9 Å². The average Bonchev–Trinajstić information content (AvgIpc) is 2.66. The van der Waals surface area contributed by atoms with Crippen LogP contribution in [0.25, 0.3) is 0 Å². The summed E-state index contributed by atoms with van der Waals surface area (Å²) in [6.45, 7) is 5.81. The smallest absolute Gasteiger partial charge is 0.224 e. The topological polar surface area (TPSA) is 41.1 Å². The Bertz CT molecular complexity index is 819. The van der Waals surface area contributed by atoms with Gasteiger partial charge in [0.15, 0.2) is 0 Å². The highest BCUT2D eigenvalue weighted by molar-refractivity contribution is 6.30. The van der Waals surface area contributed by atoms with Gasteiger partial charge in [-0.1, -0.05) is 54.1 Å². The summed E-state index contributed by atoms with van der Waals surface area (Å²) in [5, 5.41) is 4.02. The fourth-order valence-corrected chi connectivity index (χ4v) is 2.81. The molecule has 0 amide bonds. The molecule has 5 heteroatoms. The van der Waals surface area contributed by atoms with Crippen LogP contribution in [0.2, 0.25) is 5.02 Å². The van der Waals surface area contributed by atoms with E-state index < -0.39 is 0 Å². The maximum absolute atomic E-state index is 5.93. The van der Waals surface area contributed by atoms with Gasteiger partial charge in [0.05, 0.1) is 0 Å². The Morgan fingerprint density at radius 3 is 2.38 bits per heavy atom. The quantitative estimate of drug-likeness (QED) is 0.627. The van der Waals surface area contributed by atoms with Gasteiger partial charge in [0.25, 0.3) is 0 Å². The van der Waals surface area contributed by atoms with Gasteiger partial charge in [-0.3, -0.25) is 0 Å². The molecule has 0 aliphatic rings. The van der Waals surface area contributed by atoms with Crippen LogP contribution in [0.1, 0.15) is 25.0 Å². The summed E-state index contributed by atoms with van der Waals surface area (Å²) < 4.78 is 0. The fourth-order valence-electron chi connectivity index (χ4n) is 2.69. The lowest BCUT2D eigenvalue weighted by molar-refractivity contribution is 0.671. The molecular formula is C21H23ClN4. The summed E-state index contributed by atoms with van der Waals surface area (Å²) in [4.78, 5) is 11.3. The molecule has 2 aromatic carbocycles. The molecule has 0 aliphatic carbocycles. The number of hydrogen-bond acceptors (Lipinski definition) is 4. The fraction of sp³-hybridized carbons (Fsp3) is 0.238. The van der Waals surface area contributed by atoms with Crippen LogP contribution in [-0.2, 0) is 13.1 Å². The molecule has 0 radical (unpaired) electrons. The molecule has 1 aromatic heterocycles. The van der Waals surface area contributed by atoms with Crippen LogP contribution in [-0.4, -0.2) is 16.0 Å². The summed E-state index contributed by atoms with van der Waals surface area (Å²) in [7, 11) is 0.